The van der Waals surface area contributed by atoms with Crippen molar-refractivity contribution in [1.82, 2.24) is 0 Å². The number of rotatable bonds is 7. The Balaban J connectivity index is 0.000000294. The molecule has 2 atom stereocenters. The first-order chi connectivity index (χ1) is 15.4. The molecule has 33 heavy (non-hydrogen) atoms. The van der Waals surface area contributed by atoms with E-state index in [9.17, 15) is 21.9 Å². The molecule has 0 radical (unpaired) electrons. The van der Waals surface area contributed by atoms with Crippen molar-refractivity contribution in [1.29, 1.82) is 0 Å². The van der Waals surface area contributed by atoms with Crippen LogP contribution >= 0.6 is 0 Å². The van der Waals surface area contributed by atoms with Crippen molar-refractivity contribution in [2.45, 2.75) is 36.7 Å². The fourth-order valence-electron chi connectivity index (χ4n) is 2.75. The van der Waals surface area contributed by atoms with Gasteiger partial charge in [-0.05, 0) is 43.7 Å². The van der Waals surface area contributed by atoms with Gasteiger partial charge in [0.1, 0.15) is 0 Å². The van der Waals surface area contributed by atoms with Crippen LogP contribution in [0.3, 0.4) is 0 Å². The molecule has 0 saturated carbocycles. The van der Waals surface area contributed by atoms with Crippen molar-refractivity contribution in [2.75, 3.05) is 6.61 Å². The summed E-state index contributed by atoms with van der Waals surface area (Å²) in [6.07, 6.45) is -0.769. The van der Waals surface area contributed by atoms with E-state index in [1.807, 2.05) is 32.0 Å². The fourth-order valence-corrected chi connectivity index (χ4v) is 4.23. The summed E-state index contributed by atoms with van der Waals surface area (Å²) in [5.41, 5.74) is 2.68. The molecule has 178 valence electrons. The summed E-state index contributed by atoms with van der Waals surface area (Å²) in [6, 6.07) is 21.6. The first-order valence-electron chi connectivity index (χ1n) is 10.1. The molecule has 0 unspecified atom stereocenters. The van der Waals surface area contributed by atoms with Crippen LogP contribution in [0.25, 0.3) is 0 Å². The summed E-state index contributed by atoms with van der Waals surface area (Å²) >= 11 is 0. The highest BCUT2D eigenvalue weighted by Gasteiger charge is 2.21. The first kappa shape index (κ1) is 26.7. The van der Waals surface area contributed by atoms with Gasteiger partial charge >= 0.3 is 0 Å². The molecule has 0 fully saturated rings. The van der Waals surface area contributed by atoms with Crippen LogP contribution in [0.4, 0.5) is 0 Å². The Hall–Kier alpha value is -2.56. The molecular weight excluding hydrogens is 464 g/mol. The third-order valence-corrected chi connectivity index (χ3v) is 6.96. The van der Waals surface area contributed by atoms with Gasteiger partial charge in [-0.3, -0.25) is 8.74 Å². The highest BCUT2D eigenvalue weighted by atomic mass is 32.2. The van der Waals surface area contributed by atoms with Crippen LogP contribution in [-0.2, 0) is 24.4 Å². The average Bonchev–Trinajstić information content (AvgIpc) is 2.78. The molecule has 3 aromatic rings. The molecule has 7 nitrogen and oxygen atoms in total. The fraction of sp³-hybridized carbons (Fsp3) is 0.250. The van der Waals surface area contributed by atoms with Crippen LogP contribution in [0.1, 0.15) is 29.7 Å². The molecule has 0 saturated heterocycles. The number of aliphatic hydroxyl groups is 1. The van der Waals surface area contributed by atoms with E-state index in [2.05, 4.69) is 0 Å². The van der Waals surface area contributed by atoms with E-state index in [0.717, 1.165) is 16.7 Å². The standard InChI is InChI=1S/C17H20O4S.C7H8O3S/c1-13-8-10-16(11-9-13)22(19,20)21-12-14(2)17(18)15-6-4-3-5-7-15;1-6-2-4-7(5-3-6)11(8,9)10/h3-11,14,17-18H,12H2,1-2H3;2-5H,1H3,(H,8,9,10)/t14-,17-;/m0./s1. The zero-order valence-electron chi connectivity index (χ0n) is 18.6. The molecule has 0 aliphatic carbocycles. The average molecular weight is 493 g/mol. The minimum atomic E-state index is -4.02. The van der Waals surface area contributed by atoms with Crippen molar-refractivity contribution < 1.29 is 30.7 Å². The van der Waals surface area contributed by atoms with E-state index < -0.39 is 26.3 Å². The lowest BCUT2D eigenvalue weighted by atomic mass is 9.98. The molecule has 0 bridgehead atoms. The minimum Gasteiger partial charge on any atom is -0.388 e. The molecule has 3 aromatic carbocycles. The smallest absolute Gasteiger partial charge is 0.296 e. The van der Waals surface area contributed by atoms with Gasteiger partial charge in [-0.15, -0.1) is 0 Å². The Morgan fingerprint density at radius 3 is 1.67 bits per heavy atom. The molecule has 3 rings (SSSR count). The normalized spacial score (nSPS) is 13.5. The number of hydrogen-bond donors (Lipinski definition) is 2. The van der Waals surface area contributed by atoms with Crippen LogP contribution < -0.4 is 0 Å². The van der Waals surface area contributed by atoms with Gasteiger partial charge in [-0.25, -0.2) is 0 Å². The number of benzene rings is 3. The molecule has 0 amide bonds. The van der Waals surface area contributed by atoms with E-state index in [4.69, 9.17) is 8.74 Å². The highest BCUT2D eigenvalue weighted by Crippen LogP contribution is 2.23. The maximum absolute atomic E-state index is 12.1. The predicted molar refractivity (Wildman–Crippen MR) is 126 cm³/mol. The Labute approximate surface area is 195 Å². The second kappa shape index (κ2) is 11.5. The maximum Gasteiger partial charge on any atom is 0.296 e. The minimum absolute atomic E-state index is 0.0666. The molecular formula is C24H28O7S2. The summed E-state index contributed by atoms with van der Waals surface area (Å²) in [6.45, 7) is 5.40. The summed E-state index contributed by atoms with van der Waals surface area (Å²) in [5.74, 6) is -0.345. The van der Waals surface area contributed by atoms with Crippen molar-refractivity contribution in [3.63, 3.8) is 0 Å². The third kappa shape index (κ3) is 8.38. The molecule has 0 aliphatic rings. The molecule has 0 aliphatic heterocycles. The van der Waals surface area contributed by atoms with E-state index in [1.54, 1.807) is 43.3 Å². The summed E-state index contributed by atoms with van der Waals surface area (Å²) in [5, 5.41) is 10.2. The lowest BCUT2D eigenvalue weighted by molar-refractivity contribution is 0.0864. The van der Waals surface area contributed by atoms with Crippen LogP contribution in [0, 0.1) is 19.8 Å². The van der Waals surface area contributed by atoms with E-state index in [0.29, 0.717) is 0 Å². The SMILES string of the molecule is Cc1ccc(S(=O)(=O)O)cc1.Cc1ccc(S(=O)(=O)OC[C@H](C)[C@H](O)c2ccccc2)cc1. The van der Waals surface area contributed by atoms with E-state index in [-0.39, 0.29) is 22.3 Å². The molecule has 2 N–H and O–H groups in total. The molecule has 0 spiro atoms. The zero-order valence-corrected chi connectivity index (χ0v) is 20.3. The van der Waals surface area contributed by atoms with Gasteiger partial charge in [0.25, 0.3) is 20.2 Å². The van der Waals surface area contributed by atoms with Gasteiger partial charge < -0.3 is 5.11 Å². The summed E-state index contributed by atoms with van der Waals surface area (Å²) < 4.78 is 58.8. The lowest BCUT2D eigenvalue weighted by Crippen LogP contribution is -2.18. The maximum atomic E-state index is 12.1. The van der Waals surface area contributed by atoms with Crippen LogP contribution in [0.2, 0.25) is 0 Å². The summed E-state index contributed by atoms with van der Waals surface area (Å²) in [7, 11) is -7.82. The van der Waals surface area contributed by atoms with Gasteiger partial charge in [-0.2, -0.15) is 16.8 Å². The van der Waals surface area contributed by atoms with Gasteiger partial charge in [0.05, 0.1) is 22.5 Å². The highest BCUT2D eigenvalue weighted by molar-refractivity contribution is 7.86. The van der Waals surface area contributed by atoms with Crippen LogP contribution in [0.5, 0.6) is 0 Å². The van der Waals surface area contributed by atoms with Gasteiger partial charge in [-0.1, -0.05) is 72.6 Å². The Morgan fingerprint density at radius 2 is 1.21 bits per heavy atom. The largest absolute Gasteiger partial charge is 0.388 e. The number of hydrogen-bond acceptors (Lipinski definition) is 6. The zero-order chi connectivity index (χ0) is 24.6. The topological polar surface area (TPSA) is 118 Å². The number of aryl methyl sites for hydroxylation is 2. The van der Waals surface area contributed by atoms with Crippen molar-refractivity contribution in [3.8, 4) is 0 Å². The van der Waals surface area contributed by atoms with Crippen LogP contribution in [0.15, 0.2) is 88.7 Å². The number of aliphatic hydroxyl groups excluding tert-OH is 1. The Morgan fingerprint density at radius 1 is 0.758 bits per heavy atom. The third-order valence-electron chi connectivity index (χ3n) is 4.79. The van der Waals surface area contributed by atoms with Crippen molar-refractivity contribution >= 4 is 20.2 Å². The predicted octanol–water partition coefficient (Wildman–Crippen LogP) is 4.31. The van der Waals surface area contributed by atoms with Gasteiger partial charge in [0.15, 0.2) is 0 Å². The second-order valence-corrected chi connectivity index (χ2v) is 10.7. The van der Waals surface area contributed by atoms with Gasteiger partial charge in [0, 0.05) is 5.92 Å². The lowest BCUT2D eigenvalue weighted by Gasteiger charge is -2.19. The molecule has 9 heteroatoms. The van der Waals surface area contributed by atoms with Crippen LogP contribution in [-0.4, -0.2) is 33.1 Å². The molecule has 0 heterocycles. The van der Waals surface area contributed by atoms with E-state index >= 15 is 0 Å². The Bertz CT molecular complexity index is 1220. The van der Waals surface area contributed by atoms with Crippen molar-refractivity contribution in [3.05, 3.63) is 95.6 Å². The van der Waals surface area contributed by atoms with Crippen molar-refractivity contribution in [2.24, 2.45) is 5.92 Å². The summed E-state index contributed by atoms with van der Waals surface area (Å²) in [4.78, 5) is 0.0580. The quantitative estimate of drug-likeness (QED) is 0.373. The Kier molecular flexibility index (Phi) is 9.33. The first-order valence-corrected chi connectivity index (χ1v) is 13.0. The monoisotopic (exact) mass is 492 g/mol. The molecule has 0 aromatic heterocycles. The second-order valence-electron chi connectivity index (χ2n) is 7.67. The van der Waals surface area contributed by atoms with Gasteiger partial charge in [0.2, 0.25) is 0 Å². The van der Waals surface area contributed by atoms with E-state index in [1.165, 1.54) is 24.3 Å².